The second kappa shape index (κ2) is 8.91. The van der Waals surface area contributed by atoms with Crippen LogP contribution in [0, 0.1) is 0 Å². The fourth-order valence-electron chi connectivity index (χ4n) is 2.28. The van der Waals surface area contributed by atoms with Gasteiger partial charge in [-0.3, -0.25) is 4.99 Å². The van der Waals surface area contributed by atoms with Gasteiger partial charge in [0.2, 0.25) is 0 Å². The third-order valence-electron chi connectivity index (χ3n) is 3.57. The monoisotopic (exact) mass is 350 g/mol. The quantitative estimate of drug-likeness (QED) is 0.620. The van der Waals surface area contributed by atoms with E-state index in [1.807, 2.05) is 12.1 Å². The zero-order valence-electron chi connectivity index (χ0n) is 13.7. The van der Waals surface area contributed by atoms with Crippen LogP contribution in [0.3, 0.4) is 0 Å². The Morgan fingerprint density at radius 3 is 2.52 bits per heavy atom. The van der Waals surface area contributed by atoms with Crippen LogP contribution in [-0.2, 0) is 6.54 Å². The first-order chi connectivity index (χ1) is 11.1. The first kappa shape index (κ1) is 17.8. The largest absolute Gasteiger partial charge is 0.354 e. The Kier molecular flexibility index (Phi) is 6.89. The van der Waals surface area contributed by atoms with Gasteiger partial charge in [-0.25, -0.2) is 0 Å². The molecule has 2 N–H and O–H groups in total. The molecule has 1 heterocycles. The van der Waals surface area contributed by atoms with Crippen molar-refractivity contribution < 1.29 is 0 Å². The molecule has 1 aromatic heterocycles. The lowest BCUT2D eigenvalue weighted by Gasteiger charge is -2.26. The van der Waals surface area contributed by atoms with Gasteiger partial charge in [0.15, 0.2) is 5.96 Å². The average Bonchev–Trinajstić information content (AvgIpc) is 3.05. The SMILES string of the molecule is CN=C(NCc1cccs1)NCC(c1ccc(Cl)cc1)N(C)C. The Labute approximate surface area is 147 Å². The number of benzene rings is 1. The van der Waals surface area contributed by atoms with Crippen LogP contribution in [0.1, 0.15) is 16.5 Å². The molecule has 0 radical (unpaired) electrons. The zero-order chi connectivity index (χ0) is 16.7. The van der Waals surface area contributed by atoms with E-state index in [9.17, 15) is 0 Å². The molecule has 0 aliphatic rings. The molecular weight excluding hydrogens is 328 g/mol. The van der Waals surface area contributed by atoms with Gasteiger partial charge in [-0.1, -0.05) is 29.8 Å². The number of guanidine groups is 1. The van der Waals surface area contributed by atoms with E-state index in [1.54, 1.807) is 18.4 Å². The smallest absolute Gasteiger partial charge is 0.191 e. The molecule has 0 saturated carbocycles. The van der Waals surface area contributed by atoms with Crippen molar-refractivity contribution in [3.05, 3.63) is 57.2 Å². The first-order valence-electron chi connectivity index (χ1n) is 7.49. The maximum absolute atomic E-state index is 5.98. The number of halogens is 1. The summed E-state index contributed by atoms with van der Waals surface area (Å²) in [6.07, 6.45) is 0. The molecule has 23 heavy (non-hydrogen) atoms. The maximum Gasteiger partial charge on any atom is 0.191 e. The van der Waals surface area contributed by atoms with Gasteiger partial charge in [-0.2, -0.15) is 0 Å². The van der Waals surface area contributed by atoms with Gasteiger partial charge in [0.25, 0.3) is 0 Å². The molecule has 0 bridgehead atoms. The molecule has 1 unspecified atom stereocenters. The molecule has 2 aromatic rings. The minimum absolute atomic E-state index is 0.243. The predicted octanol–water partition coefficient (Wildman–Crippen LogP) is 3.37. The lowest BCUT2D eigenvalue weighted by Crippen LogP contribution is -2.41. The van der Waals surface area contributed by atoms with Gasteiger partial charge < -0.3 is 15.5 Å². The highest BCUT2D eigenvalue weighted by atomic mass is 35.5. The highest BCUT2D eigenvalue weighted by molar-refractivity contribution is 7.09. The summed E-state index contributed by atoms with van der Waals surface area (Å²) in [6.45, 7) is 1.55. The summed E-state index contributed by atoms with van der Waals surface area (Å²) < 4.78 is 0. The number of hydrogen-bond acceptors (Lipinski definition) is 3. The summed E-state index contributed by atoms with van der Waals surface area (Å²) in [6, 6.07) is 12.4. The zero-order valence-corrected chi connectivity index (χ0v) is 15.3. The summed E-state index contributed by atoms with van der Waals surface area (Å²) in [4.78, 5) is 7.76. The highest BCUT2D eigenvalue weighted by Crippen LogP contribution is 2.19. The summed E-state index contributed by atoms with van der Waals surface area (Å²) in [7, 11) is 5.93. The minimum Gasteiger partial charge on any atom is -0.354 e. The molecule has 0 aliphatic carbocycles. The molecule has 1 atom stereocenters. The lowest BCUT2D eigenvalue weighted by molar-refractivity contribution is 0.298. The van der Waals surface area contributed by atoms with Gasteiger partial charge >= 0.3 is 0 Å². The van der Waals surface area contributed by atoms with Crippen molar-refractivity contribution in [3.63, 3.8) is 0 Å². The Bertz CT molecular complexity index is 608. The predicted molar refractivity (Wildman–Crippen MR) is 100 cm³/mol. The minimum atomic E-state index is 0.243. The first-order valence-corrected chi connectivity index (χ1v) is 8.74. The van der Waals surface area contributed by atoms with Crippen LogP contribution in [0.2, 0.25) is 5.02 Å². The number of nitrogens with zero attached hydrogens (tertiary/aromatic N) is 2. The van der Waals surface area contributed by atoms with E-state index in [1.165, 1.54) is 10.4 Å². The van der Waals surface area contributed by atoms with Crippen LogP contribution in [0.4, 0.5) is 0 Å². The van der Waals surface area contributed by atoms with E-state index in [2.05, 4.69) is 64.3 Å². The average molecular weight is 351 g/mol. The Morgan fingerprint density at radius 1 is 1.22 bits per heavy atom. The number of nitrogens with one attached hydrogen (secondary N) is 2. The molecule has 1 aromatic carbocycles. The maximum atomic E-state index is 5.98. The fraction of sp³-hybridized carbons (Fsp3) is 0.353. The fourth-order valence-corrected chi connectivity index (χ4v) is 3.05. The van der Waals surface area contributed by atoms with Gasteiger partial charge in [0.1, 0.15) is 0 Å². The molecule has 0 saturated heterocycles. The number of thiophene rings is 1. The van der Waals surface area contributed by atoms with Crippen LogP contribution < -0.4 is 10.6 Å². The van der Waals surface area contributed by atoms with E-state index >= 15 is 0 Å². The number of hydrogen-bond donors (Lipinski definition) is 2. The number of likely N-dealkylation sites (N-methyl/N-ethyl adjacent to an activating group) is 1. The third-order valence-corrected chi connectivity index (χ3v) is 4.70. The second-order valence-electron chi connectivity index (χ2n) is 5.42. The van der Waals surface area contributed by atoms with Crippen molar-refractivity contribution >= 4 is 28.9 Å². The van der Waals surface area contributed by atoms with Crippen molar-refractivity contribution in [3.8, 4) is 0 Å². The van der Waals surface area contributed by atoms with E-state index in [4.69, 9.17) is 11.6 Å². The Morgan fingerprint density at radius 2 is 1.96 bits per heavy atom. The van der Waals surface area contributed by atoms with Gasteiger partial charge in [0.05, 0.1) is 12.6 Å². The lowest BCUT2D eigenvalue weighted by atomic mass is 10.1. The van der Waals surface area contributed by atoms with Crippen molar-refractivity contribution in [2.45, 2.75) is 12.6 Å². The molecule has 0 aliphatic heterocycles. The molecule has 6 heteroatoms. The van der Waals surface area contributed by atoms with Gasteiger partial charge in [-0.15, -0.1) is 11.3 Å². The van der Waals surface area contributed by atoms with Crippen LogP contribution in [0.15, 0.2) is 46.8 Å². The highest BCUT2D eigenvalue weighted by Gasteiger charge is 2.14. The topological polar surface area (TPSA) is 39.7 Å². The van der Waals surface area contributed by atoms with Crippen LogP contribution in [-0.4, -0.2) is 38.5 Å². The van der Waals surface area contributed by atoms with E-state index < -0.39 is 0 Å². The number of aliphatic imine (C=N–C) groups is 1. The standard InChI is InChI=1S/C17H23ClN4S/c1-19-17(20-11-15-5-4-10-23-15)21-12-16(22(2)3)13-6-8-14(18)9-7-13/h4-10,16H,11-12H2,1-3H3,(H2,19,20,21). The Hall–Kier alpha value is -1.56. The molecule has 0 spiro atoms. The second-order valence-corrected chi connectivity index (χ2v) is 6.89. The summed E-state index contributed by atoms with van der Waals surface area (Å²) in [5.41, 5.74) is 1.22. The molecule has 2 rings (SSSR count). The van der Waals surface area contributed by atoms with Crippen molar-refractivity contribution in [2.75, 3.05) is 27.7 Å². The van der Waals surface area contributed by atoms with Crippen LogP contribution in [0.25, 0.3) is 0 Å². The molecule has 0 fully saturated rings. The molecular formula is C17H23ClN4S. The summed E-state index contributed by atoms with van der Waals surface area (Å²) in [5.74, 6) is 0.805. The van der Waals surface area contributed by atoms with Gasteiger partial charge in [-0.05, 0) is 43.2 Å². The molecule has 124 valence electrons. The van der Waals surface area contributed by atoms with Crippen LogP contribution >= 0.6 is 22.9 Å². The number of rotatable bonds is 6. The van der Waals surface area contributed by atoms with Crippen molar-refractivity contribution in [1.29, 1.82) is 0 Å². The van der Waals surface area contributed by atoms with E-state index in [0.717, 1.165) is 24.1 Å². The summed E-state index contributed by atoms with van der Waals surface area (Å²) >= 11 is 7.72. The van der Waals surface area contributed by atoms with Crippen molar-refractivity contribution in [2.24, 2.45) is 4.99 Å². The van der Waals surface area contributed by atoms with Crippen LogP contribution in [0.5, 0.6) is 0 Å². The third kappa shape index (κ3) is 5.53. The molecule has 4 nitrogen and oxygen atoms in total. The molecule has 0 amide bonds. The van der Waals surface area contributed by atoms with E-state index in [-0.39, 0.29) is 6.04 Å². The van der Waals surface area contributed by atoms with E-state index in [0.29, 0.717) is 0 Å². The van der Waals surface area contributed by atoms with Gasteiger partial charge in [0, 0.05) is 23.5 Å². The summed E-state index contributed by atoms with van der Waals surface area (Å²) in [5, 5.41) is 9.57. The van der Waals surface area contributed by atoms with Crippen molar-refractivity contribution in [1.82, 2.24) is 15.5 Å². The normalized spacial score (nSPS) is 13.2. The Balaban J connectivity index is 1.92.